The van der Waals surface area contributed by atoms with Crippen LogP contribution in [0.5, 0.6) is 0 Å². The van der Waals surface area contributed by atoms with E-state index >= 15 is 0 Å². The van der Waals surface area contributed by atoms with Crippen molar-refractivity contribution in [1.82, 2.24) is 15.0 Å². The second kappa shape index (κ2) is 7.30. The second-order valence-corrected chi connectivity index (χ2v) is 7.57. The van der Waals surface area contributed by atoms with Gasteiger partial charge < -0.3 is 10.6 Å². The van der Waals surface area contributed by atoms with Gasteiger partial charge in [-0.3, -0.25) is 4.98 Å². The fraction of sp³-hybridized carbons (Fsp3) is 0.250. The third kappa shape index (κ3) is 4.70. The van der Waals surface area contributed by atoms with Gasteiger partial charge in [0.25, 0.3) is 0 Å². The fourth-order valence-corrected chi connectivity index (χ4v) is 2.57. The first kappa shape index (κ1) is 18.1. The van der Waals surface area contributed by atoms with Crippen LogP contribution in [0.4, 0.5) is 17.5 Å². The zero-order valence-electron chi connectivity index (χ0n) is 15.3. The average Bonchev–Trinajstić information content (AvgIpc) is 2.57. The summed E-state index contributed by atoms with van der Waals surface area (Å²) in [6.07, 6.45) is 3.50. The Morgan fingerprint density at radius 2 is 1.69 bits per heavy atom. The maximum absolute atomic E-state index is 6.23. The third-order valence-corrected chi connectivity index (χ3v) is 4.04. The van der Waals surface area contributed by atoms with E-state index in [0.717, 1.165) is 22.5 Å². The van der Waals surface area contributed by atoms with Crippen molar-refractivity contribution < 1.29 is 0 Å². The van der Waals surface area contributed by atoms with E-state index in [1.807, 2.05) is 43.3 Å². The lowest BCUT2D eigenvalue weighted by atomic mass is 10.1. The molecule has 0 unspecified atom stereocenters. The highest BCUT2D eigenvalue weighted by molar-refractivity contribution is 6.31. The second-order valence-electron chi connectivity index (χ2n) is 7.16. The molecule has 0 aliphatic heterocycles. The van der Waals surface area contributed by atoms with Gasteiger partial charge in [0, 0.05) is 40.3 Å². The molecule has 2 N–H and O–H groups in total. The summed E-state index contributed by atoms with van der Waals surface area (Å²) in [5, 5.41) is 7.37. The first-order valence-electron chi connectivity index (χ1n) is 8.41. The molecular weight excluding hydrogens is 346 g/mol. The Balaban J connectivity index is 2.00. The van der Waals surface area contributed by atoms with Crippen molar-refractivity contribution >= 4 is 29.1 Å². The van der Waals surface area contributed by atoms with E-state index in [2.05, 4.69) is 46.4 Å². The van der Waals surface area contributed by atoms with Gasteiger partial charge in [0.2, 0.25) is 5.95 Å². The molecule has 0 spiro atoms. The number of aryl methyl sites for hydroxylation is 1. The standard InChI is InChI=1S/C20H22ClN5/c1-13-5-6-15(11-16(13)21)23-18-12-17(14-7-9-22-10-8-14)24-19(25-18)26-20(2,3)4/h5-12H,1-4H3,(H2,23,24,25,26). The summed E-state index contributed by atoms with van der Waals surface area (Å²) in [5.41, 5.74) is 3.55. The molecule has 0 amide bonds. The largest absolute Gasteiger partial charge is 0.350 e. The molecule has 134 valence electrons. The van der Waals surface area contributed by atoms with E-state index < -0.39 is 0 Å². The highest BCUT2D eigenvalue weighted by Gasteiger charge is 2.14. The summed E-state index contributed by atoms with van der Waals surface area (Å²) in [5.74, 6) is 1.26. The molecule has 0 fully saturated rings. The summed E-state index contributed by atoms with van der Waals surface area (Å²) < 4.78 is 0. The van der Waals surface area contributed by atoms with Crippen LogP contribution in [0.3, 0.4) is 0 Å². The normalized spacial score (nSPS) is 11.3. The van der Waals surface area contributed by atoms with Crippen molar-refractivity contribution in [3.63, 3.8) is 0 Å². The van der Waals surface area contributed by atoms with Crippen LogP contribution in [0.1, 0.15) is 26.3 Å². The zero-order valence-corrected chi connectivity index (χ0v) is 16.1. The molecule has 0 saturated heterocycles. The molecule has 0 radical (unpaired) electrons. The smallest absolute Gasteiger partial charge is 0.225 e. The van der Waals surface area contributed by atoms with Crippen molar-refractivity contribution in [2.24, 2.45) is 0 Å². The Morgan fingerprint density at radius 3 is 2.35 bits per heavy atom. The van der Waals surface area contributed by atoms with E-state index in [4.69, 9.17) is 11.6 Å². The van der Waals surface area contributed by atoms with Gasteiger partial charge in [-0.25, -0.2) is 4.98 Å². The first-order chi connectivity index (χ1) is 12.3. The van der Waals surface area contributed by atoms with Crippen LogP contribution in [0, 0.1) is 6.92 Å². The topological polar surface area (TPSA) is 62.7 Å². The van der Waals surface area contributed by atoms with Gasteiger partial charge in [-0.2, -0.15) is 4.98 Å². The number of aromatic nitrogens is 3. The van der Waals surface area contributed by atoms with Crippen LogP contribution < -0.4 is 10.6 Å². The predicted octanol–water partition coefficient (Wildman–Crippen LogP) is 5.45. The van der Waals surface area contributed by atoms with Crippen molar-refractivity contribution in [2.75, 3.05) is 10.6 Å². The van der Waals surface area contributed by atoms with E-state index in [1.54, 1.807) is 12.4 Å². The summed E-state index contributed by atoms with van der Waals surface area (Å²) >= 11 is 6.23. The fourth-order valence-electron chi connectivity index (χ4n) is 2.39. The molecule has 0 aliphatic carbocycles. The van der Waals surface area contributed by atoms with Gasteiger partial charge in [0.05, 0.1) is 5.69 Å². The number of pyridine rings is 1. The Labute approximate surface area is 158 Å². The molecule has 3 aromatic rings. The number of benzene rings is 1. The molecular formula is C20H22ClN5. The number of anilines is 3. The maximum atomic E-state index is 6.23. The molecule has 0 atom stereocenters. The highest BCUT2D eigenvalue weighted by Crippen LogP contribution is 2.26. The molecule has 5 nitrogen and oxygen atoms in total. The monoisotopic (exact) mass is 367 g/mol. The minimum Gasteiger partial charge on any atom is -0.350 e. The number of halogens is 1. The van der Waals surface area contributed by atoms with E-state index in [0.29, 0.717) is 16.8 Å². The predicted molar refractivity (Wildman–Crippen MR) is 108 cm³/mol. The highest BCUT2D eigenvalue weighted by atomic mass is 35.5. The lowest BCUT2D eigenvalue weighted by Gasteiger charge is -2.21. The van der Waals surface area contributed by atoms with Gasteiger partial charge >= 0.3 is 0 Å². The van der Waals surface area contributed by atoms with Crippen molar-refractivity contribution in [3.8, 4) is 11.3 Å². The van der Waals surface area contributed by atoms with E-state index in [9.17, 15) is 0 Å². The SMILES string of the molecule is Cc1ccc(Nc2cc(-c3ccncc3)nc(NC(C)(C)C)n2)cc1Cl. The lowest BCUT2D eigenvalue weighted by Crippen LogP contribution is -2.27. The van der Waals surface area contributed by atoms with Crippen LogP contribution in [-0.2, 0) is 0 Å². The van der Waals surface area contributed by atoms with Crippen molar-refractivity contribution in [2.45, 2.75) is 33.2 Å². The van der Waals surface area contributed by atoms with Gasteiger partial charge in [0.15, 0.2) is 0 Å². The minimum atomic E-state index is -0.151. The molecule has 0 aliphatic rings. The molecule has 0 bridgehead atoms. The van der Waals surface area contributed by atoms with Crippen molar-refractivity contribution in [3.05, 3.63) is 59.4 Å². The Hall–Kier alpha value is -2.66. The van der Waals surface area contributed by atoms with E-state index in [-0.39, 0.29) is 5.54 Å². The summed E-state index contributed by atoms with van der Waals surface area (Å²) in [6.45, 7) is 8.19. The van der Waals surface area contributed by atoms with Crippen LogP contribution in [0.2, 0.25) is 5.02 Å². The third-order valence-electron chi connectivity index (χ3n) is 3.63. The van der Waals surface area contributed by atoms with Crippen molar-refractivity contribution in [1.29, 1.82) is 0 Å². The zero-order chi connectivity index (χ0) is 18.7. The van der Waals surface area contributed by atoms with Crippen LogP contribution >= 0.6 is 11.6 Å². The summed E-state index contributed by atoms with van der Waals surface area (Å²) in [6, 6.07) is 11.6. The summed E-state index contributed by atoms with van der Waals surface area (Å²) in [7, 11) is 0. The van der Waals surface area contributed by atoms with Gasteiger partial charge in [0.1, 0.15) is 5.82 Å². The maximum Gasteiger partial charge on any atom is 0.225 e. The number of hydrogen-bond acceptors (Lipinski definition) is 5. The number of nitrogens with zero attached hydrogens (tertiary/aromatic N) is 3. The molecule has 26 heavy (non-hydrogen) atoms. The molecule has 3 rings (SSSR count). The Morgan fingerprint density at radius 1 is 0.962 bits per heavy atom. The van der Waals surface area contributed by atoms with Crippen LogP contribution in [0.25, 0.3) is 11.3 Å². The minimum absolute atomic E-state index is 0.151. The lowest BCUT2D eigenvalue weighted by molar-refractivity contribution is 0.626. The van der Waals surface area contributed by atoms with Crippen LogP contribution in [0.15, 0.2) is 48.8 Å². The first-order valence-corrected chi connectivity index (χ1v) is 8.79. The quantitative estimate of drug-likeness (QED) is 0.641. The number of rotatable bonds is 4. The van der Waals surface area contributed by atoms with Gasteiger partial charge in [-0.15, -0.1) is 0 Å². The van der Waals surface area contributed by atoms with Crippen LogP contribution in [-0.4, -0.2) is 20.5 Å². The van der Waals surface area contributed by atoms with Gasteiger partial charge in [-0.05, 0) is 57.5 Å². The van der Waals surface area contributed by atoms with Gasteiger partial charge in [-0.1, -0.05) is 17.7 Å². The Bertz CT molecular complexity index is 904. The summed E-state index contributed by atoms with van der Waals surface area (Å²) in [4.78, 5) is 13.3. The molecule has 2 heterocycles. The Kier molecular flexibility index (Phi) is 5.09. The number of nitrogens with one attached hydrogen (secondary N) is 2. The molecule has 0 saturated carbocycles. The molecule has 2 aromatic heterocycles. The number of hydrogen-bond donors (Lipinski definition) is 2. The molecule has 1 aromatic carbocycles. The molecule has 6 heteroatoms. The van der Waals surface area contributed by atoms with E-state index in [1.165, 1.54) is 0 Å². The average molecular weight is 368 g/mol.